The van der Waals surface area contributed by atoms with E-state index in [4.69, 9.17) is 16.3 Å². The molecule has 0 spiro atoms. The van der Waals surface area contributed by atoms with Crippen LogP contribution in [0.3, 0.4) is 0 Å². The zero-order chi connectivity index (χ0) is 18.9. The van der Waals surface area contributed by atoms with Crippen molar-refractivity contribution in [1.29, 1.82) is 0 Å². The Morgan fingerprint density at radius 3 is 2.32 bits per heavy atom. The molecule has 1 heterocycles. The van der Waals surface area contributed by atoms with Crippen LogP contribution in [0, 0.1) is 0 Å². The number of nitrogens with one attached hydrogen (secondary N) is 1. The second-order valence-corrected chi connectivity index (χ2v) is 7.30. The van der Waals surface area contributed by atoms with Crippen molar-refractivity contribution in [1.82, 2.24) is 10.2 Å². The van der Waals surface area contributed by atoms with Gasteiger partial charge in [-0.25, -0.2) is 0 Å². The molecule has 152 valence electrons. The van der Waals surface area contributed by atoms with Crippen LogP contribution in [0.25, 0.3) is 0 Å². The van der Waals surface area contributed by atoms with E-state index >= 15 is 0 Å². The Hall–Kier alpha value is -1.75. The topological polar surface area (TPSA) is 41.6 Å². The van der Waals surface area contributed by atoms with Gasteiger partial charge in [0.05, 0.1) is 6.04 Å². The number of hydrogen-bond acceptors (Lipinski definition) is 3. The van der Waals surface area contributed by atoms with Crippen molar-refractivity contribution in [3.8, 4) is 5.75 Å². The molecule has 0 bridgehead atoms. The van der Waals surface area contributed by atoms with Crippen LogP contribution in [-0.4, -0.2) is 37.0 Å². The zero-order valence-electron chi connectivity index (χ0n) is 16.0. The van der Waals surface area contributed by atoms with E-state index in [-0.39, 0.29) is 31.0 Å². The van der Waals surface area contributed by atoms with E-state index in [9.17, 15) is 4.79 Å². The summed E-state index contributed by atoms with van der Waals surface area (Å²) >= 11 is 6.47. The van der Waals surface area contributed by atoms with E-state index in [1.807, 2.05) is 48.5 Å². The third kappa shape index (κ3) is 6.69. The van der Waals surface area contributed by atoms with E-state index in [1.54, 1.807) is 0 Å². The summed E-state index contributed by atoms with van der Waals surface area (Å²) in [5, 5.41) is 3.78. The van der Waals surface area contributed by atoms with Gasteiger partial charge in [0.2, 0.25) is 0 Å². The highest BCUT2D eigenvalue weighted by Crippen LogP contribution is 2.29. The van der Waals surface area contributed by atoms with Gasteiger partial charge in [0.1, 0.15) is 5.75 Å². The molecule has 1 N–H and O–H groups in total. The van der Waals surface area contributed by atoms with Crippen LogP contribution in [0.1, 0.15) is 37.3 Å². The molecule has 2 aromatic carbocycles. The van der Waals surface area contributed by atoms with Gasteiger partial charge in [-0.3, -0.25) is 9.69 Å². The Labute approximate surface area is 178 Å². The number of amides is 1. The minimum Gasteiger partial charge on any atom is -0.484 e. The summed E-state index contributed by atoms with van der Waals surface area (Å²) in [5.74, 6) is 0.577. The number of carbonyl (C=O) groups excluding carboxylic acids is 1. The Balaban J connectivity index is 0.00000280. The summed E-state index contributed by atoms with van der Waals surface area (Å²) in [7, 11) is 0. The summed E-state index contributed by atoms with van der Waals surface area (Å²) in [4.78, 5) is 14.8. The van der Waals surface area contributed by atoms with Crippen molar-refractivity contribution in [2.24, 2.45) is 0 Å². The number of para-hydroxylation sites is 1. The van der Waals surface area contributed by atoms with Crippen molar-refractivity contribution in [3.63, 3.8) is 0 Å². The molecule has 1 unspecified atom stereocenters. The maximum Gasteiger partial charge on any atom is 0.258 e. The molecule has 28 heavy (non-hydrogen) atoms. The molecule has 3 rings (SSSR count). The monoisotopic (exact) mass is 422 g/mol. The number of halogens is 2. The maximum atomic E-state index is 12.3. The number of nitrogens with zero attached hydrogens (tertiary/aromatic N) is 1. The van der Waals surface area contributed by atoms with Crippen LogP contribution in [0.4, 0.5) is 0 Å². The van der Waals surface area contributed by atoms with Crippen molar-refractivity contribution >= 4 is 29.9 Å². The Morgan fingerprint density at radius 2 is 1.64 bits per heavy atom. The number of likely N-dealkylation sites (tertiary alicyclic amines) is 1. The van der Waals surface area contributed by atoms with Crippen LogP contribution in [0.2, 0.25) is 5.02 Å². The Bertz CT molecular complexity index is 719. The molecule has 2 aromatic rings. The standard InChI is InChI=1S/C22H27ClN2O2.ClH/c23-20-13-7-6-12-19(20)21(25-14-8-1-2-9-15-25)16-24-22(26)17-27-18-10-4-3-5-11-18;/h3-7,10-13,21H,1-2,8-9,14-17H2,(H,24,26);1H. The maximum absolute atomic E-state index is 12.3. The van der Waals surface area contributed by atoms with Gasteiger partial charge < -0.3 is 10.1 Å². The first-order chi connectivity index (χ1) is 13.2. The first-order valence-electron chi connectivity index (χ1n) is 9.67. The van der Waals surface area contributed by atoms with E-state index in [0.29, 0.717) is 12.3 Å². The summed E-state index contributed by atoms with van der Waals surface area (Å²) in [6.45, 7) is 2.61. The highest BCUT2D eigenvalue weighted by atomic mass is 35.5. The van der Waals surface area contributed by atoms with E-state index in [1.165, 1.54) is 25.7 Å². The summed E-state index contributed by atoms with van der Waals surface area (Å²) < 4.78 is 5.54. The van der Waals surface area contributed by atoms with Gasteiger partial charge in [-0.05, 0) is 49.7 Å². The summed E-state index contributed by atoms with van der Waals surface area (Å²) in [6.07, 6.45) is 4.91. The molecule has 0 radical (unpaired) electrons. The second kappa shape index (κ2) is 11.9. The van der Waals surface area contributed by atoms with Crippen LogP contribution >= 0.6 is 24.0 Å². The SMILES string of the molecule is Cl.O=C(COc1ccccc1)NCC(c1ccccc1Cl)N1CCCCCC1. The molecule has 4 nitrogen and oxygen atoms in total. The summed E-state index contributed by atoms with van der Waals surface area (Å²) in [5.41, 5.74) is 1.07. The minimum atomic E-state index is -0.120. The first-order valence-corrected chi connectivity index (χ1v) is 10.0. The highest BCUT2D eigenvalue weighted by molar-refractivity contribution is 6.31. The van der Waals surface area contributed by atoms with Gasteiger partial charge in [0.15, 0.2) is 6.61 Å². The quantitative estimate of drug-likeness (QED) is 0.691. The van der Waals surface area contributed by atoms with E-state index < -0.39 is 0 Å². The average molecular weight is 423 g/mol. The van der Waals surface area contributed by atoms with Crippen LogP contribution in [0.15, 0.2) is 54.6 Å². The second-order valence-electron chi connectivity index (χ2n) is 6.89. The molecule has 1 aliphatic heterocycles. The van der Waals surface area contributed by atoms with Crippen molar-refractivity contribution < 1.29 is 9.53 Å². The lowest BCUT2D eigenvalue weighted by atomic mass is 10.0. The van der Waals surface area contributed by atoms with Gasteiger partial charge in [-0.15, -0.1) is 12.4 Å². The molecule has 6 heteroatoms. The molecule has 1 atom stereocenters. The fourth-order valence-corrected chi connectivity index (χ4v) is 3.78. The van der Waals surface area contributed by atoms with Crippen LogP contribution in [-0.2, 0) is 4.79 Å². The molecule has 1 fully saturated rings. The van der Waals surface area contributed by atoms with Crippen molar-refractivity contribution in [3.05, 3.63) is 65.2 Å². The zero-order valence-corrected chi connectivity index (χ0v) is 17.6. The van der Waals surface area contributed by atoms with Gasteiger partial charge in [-0.1, -0.05) is 60.8 Å². The molecule has 0 aliphatic carbocycles. The Morgan fingerprint density at radius 1 is 1.00 bits per heavy atom. The lowest BCUT2D eigenvalue weighted by Crippen LogP contribution is -2.40. The van der Waals surface area contributed by atoms with Crippen LogP contribution < -0.4 is 10.1 Å². The predicted octanol–water partition coefficient (Wildman–Crippen LogP) is 4.87. The normalized spacial score (nSPS) is 15.8. The highest BCUT2D eigenvalue weighted by Gasteiger charge is 2.23. The summed E-state index contributed by atoms with van der Waals surface area (Å²) in [6, 6.07) is 17.4. The fourth-order valence-electron chi connectivity index (χ4n) is 3.52. The largest absolute Gasteiger partial charge is 0.484 e. The van der Waals surface area contributed by atoms with Gasteiger partial charge in [-0.2, -0.15) is 0 Å². The van der Waals surface area contributed by atoms with Crippen molar-refractivity contribution in [2.75, 3.05) is 26.2 Å². The molecular formula is C22H28Cl2N2O2. The molecule has 1 saturated heterocycles. The average Bonchev–Trinajstić information content (AvgIpc) is 2.98. The molecule has 0 saturated carbocycles. The fraction of sp³-hybridized carbons (Fsp3) is 0.409. The number of hydrogen-bond donors (Lipinski definition) is 1. The number of ether oxygens (including phenoxy) is 1. The molecule has 1 aliphatic rings. The number of carbonyl (C=O) groups is 1. The van der Waals surface area contributed by atoms with Gasteiger partial charge in [0, 0.05) is 11.6 Å². The predicted molar refractivity (Wildman–Crippen MR) is 116 cm³/mol. The first kappa shape index (κ1) is 22.5. The minimum absolute atomic E-state index is 0. The molecular weight excluding hydrogens is 395 g/mol. The molecule has 1 amide bonds. The van der Waals surface area contributed by atoms with E-state index in [2.05, 4.69) is 16.3 Å². The molecule has 0 aromatic heterocycles. The van der Waals surface area contributed by atoms with E-state index in [0.717, 1.165) is 23.7 Å². The van der Waals surface area contributed by atoms with Gasteiger partial charge in [0.25, 0.3) is 5.91 Å². The number of benzene rings is 2. The third-order valence-electron chi connectivity index (χ3n) is 4.95. The lowest BCUT2D eigenvalue weighted by Gasteiger charge is -2.31. The lowest BCUT2D eigenvalue weighted by molar-refractivity contribution is -0.123. The van der Waals surface area contributed by atoms with Crippen molar-refractivity contribution in [2.45, 2.75) is 31.7 Å². The Kier molecular flexibility index (Phi) is 9.62. The van der Waals surface area contributed by atoms with Crippen LogP contribution in [0.5, 0.6) is 5.75 Å². The third-order valence-corrected chi connectivity index (χ3v) is 5.30. The van der Waals surface area contributed by atoms with Gasteiger partial charge >= 0.3 is 0 Å². The number of rotatable bonds is 7. The smallest absolute Gasteiger partial charge is 0.258 e.